The van der Waals surface area contributed by atoms with E-state index in [0.717, 1.165) is 5.56 Å². The highest BCUT2D eigenvalue weighted by Crippen LogP contribution is 2.20. The lowest BCUT2D eigenvalue weighted by molar-refractivity contribution is -0.160. The SMILES string of the molecule is CCC(NC(=O)CCNC(=O)OCC(F)(F)F)c1cccc(Cl)c1. The van der Waals surface area contributed by atoms with Gasteiger partial charge in [-0.1, -0.05) is 30.7 Å². The second-order valence-corrected chi connectivity index (χ2v) is 5.39. The molecule has 2 N–H and O–H groups in total. The van der Waals surface area contributed by atoms with Gasteiger partial charge < -0.3 is 15.4 Å². The standard InChI is InChI=1S/C15H18ClF3N2O3/c1-2-12(10-4-3-5-11(16)8-10)21-13(22)6-7-20-14(23)24-9-15(17,18)19/h3-5,8,12H,2,6-7,9H2,1H3,(H,20,23)(H,21,22). The van der Waals surface area contributed by atoms with E-state index >= 15 is 0 Å². The summed E-state index contributed by atoms with van der Waals surface area (Å²) in [5.41, 5.74) is 0.843. The highest BCUT2D eigenvalue weighted by molar-refractivity contribution is 6.30. The molecule has 0 saturated heterocycles. The molecule has 0 bridgehead atoms. The van der Waals surface area contributed by atoms with E-state index in [0.29, 0.717) is 11.4 Å². The van der Waals surface area contributed by atoms with Crippen LogP contribution in [0.1, 0.15) is 31.4 Å². The first-order valence-corrected chi connectivity index (χ1v) is 7.61. The maximum Gasteiger partial charge on any atom is 0.422 e. The zero-order chi connectivity index (χ0) is 18.2. The zero-order valence-corrected chi connectivity index (χ0v) is 13.7. The van der Waals surface area contributed by atoms with Gasteiger partial charge in [-0.05, 0) is 24.1 Å². The van der Waals surface area contributed by atoms with E-state index in [-0.39, 0.29) is 24.9 Å². The Bertz CT molecular complexity index is 567. The molecule has 24 heavy (non-hydrogen) atoms. The number of hydrogen-bond acceptors (Lipinski definition) is 3. The lowest BCUT2D eigenvalue weighted by Crippen LogP contribution is -2.34. The monoisotopic (exact) mass is 366 g/mol. The highest BCUT2D eigenvalue weighted by atomic mass is 35.5. The fraction of sp³-hybridized carbons (Fsp3) is 0.467. The molecule has 1 aromatic rings. The number of hydrogen-bond donors (Lipinski definition) is 2. The fourth-order valence-corrected chi connectivity index (χ4v) is 2.09. The van der Waals surface area contributed by atoms with Crippen molar-refractivity contribution in [2.75, 3.05) is 13.2 Å². The molecule has 9 heteroatoms. The van der Waals surface area contributed by atoms with E-state index in [1.165, 1.54) is 0 Å². The summed E-state index contributed by atoms with van der Waals surface area (Å²) >= 11 is 5.91. The molecule has 0 aliphatic carbocycles. The van der Waals surface area contributed by atoms with Crippen LogP contribution in [0.4, 0.5) is 18.0 Å². The maximum absolute atomic E-state index is 11.9. The van der Waals surface area contributed by atoms with Gasteiger partial charge in [-0.25, -0.2) is 4.79 Å². The molecule has 1 aromatic carbocycles. The van der Waals surface area contributed by atoms with Gasteiger partial charge in [0.05, 0.1) is 6.04 Å². The van der Waals surface area contributed by atoms with Crippen LogP contribution in [0.15, 0.2) is 24.3 Å². The van der Waals surface area contributed by atoms with Gasteiger partial charge in [0.1, 0.15) is 0 Å². The van der Waals surface area contributed by atoms with Gasteiger partial charge in [-0.2, -0.15) is 13.2 Å². The Morgan fingerprint density at radius 3 is 2.62 bits per heavy atom. The quantitative estimate of drug-likeness (QED) is 0.775. The number of carbonyl (C=O) groups is 2. The molecule has 2 amide bonds. The van der Waals surface area contributed by atoms with E-state index in [4.69, 9.17) is 11.6 Å². The molecule has 0 saturated carbocycles. The number of halogens is 4. The first-order chi connectivity index (χ1) is 11.2. The van der Waals surface area contributed by atoms with Gasteiger partial charge in [-0.3, -0.25) is 4.79 Å². The number of alkyl carbamates (subject to hydrolysis) is 1. The minimum absolute atomic E-state index is 0.0851. The van der Waals surface area contributed by atoms with Crippen molar-refractivity contribution >= 4 is 23.6 Å². The van der Waals surface area contributed by atoms with Gasteiger partial charge in [-0.15, -0.1) is 0 Å². The molecular formula is C15H18ClF3N2O3. The van der Waals surface area contributed by atoms with Crippen molar-refractivity contribution in [3.05, 3.63) is 34.9 Å². The normalized spacial score (nSPS) is 12.4. The van der Waals surface area contributed by atoms with Crippen molar-refractivity contribution in [1.29, 1.82) is 0 Å². The molecule has 0 radical (unpaired) electrons. The summed E-state index contributed by atoms with van der Waals surface area (Å²) in [4.78, 5) is 22.9. The van der Waals surface area contributed by atoms with E-state index in [1.807, 2.05) is 13.0 Å². The van der Waals surface area contributed by atoms with Crippen LogP contribution in [0.25, 0.3) is 0 Å². The minimum Gasteiger partial charge on any atom is -0.440 e. The Hall–Kier alpha value is -1.96. The maximum atomic E-state index is 11.9. The van der Waals surface area contributed by atoms with Crippen LogP contribution in [-0.4, -0.2) is 31.3 Å². The molecule has 0 spiro atoms. The molecular weight excluding hydrogens is 349 g/mol. The van der Waals surface area contributed by atoms with Crippen molar-refractivity contribution in [2.24, 2.45) is 0 Å². The van der Waals surface area contributed by atoms with E-state index in [9.17, 15) is 22.8 Å². The number of carbonyl (C=O) groups excluding carboxylic acids is 2. The first-order valence-electron chi connectivity index (χ1n) is 7.23. The number of rotatable bonds is 7. The van der Waals surface area contributed by atoms with Gasteiger partial charge >= 0.3 is 12.3 Å². The lowest BCUT2D eigenvalue weighted by Gasteiger charge is -2.18. The summed E-state index contributed by atoms with van der Waals surface area (Å²) in [5.74, 6) is -0.349. The summed E-state index contributed by atoms with van der Waals surface area (Å²) in [6, 6.07) is 6.81. The Morgan fingerprint density at radius 1 is 1.33 bits per heavy atom. The molecule has 134 valence electrons. The second kappa shape index (κ2) is 9.36. The Morgan fingerprint density at radius 2 is 2.04 bits per heavy atom. The predicted molar refractivity (Wildman–Crippen MR) is 82.6 cm³/mol. The molecule has 0 aromatic heterocycles. The van der Waals surface area contributed by atoms with Gasteiger partial charge in [0.15, 0.2) is 6.61 Å². The zero-order valence-electron chi connectivity index (χ0n) is 13.0. The first kappa shape index (κ1) is 20.1. The van der Waals surface area contributed by atoms with Crippen molar-refractivity contribution in [2.45, 2.75) is 32.0 Å². The number of alkyl halides is 3. The Kier molecular flexibility index (Phi) is 7.84. The van der Waals surface area contributed by atoms with Crippen LogP contribution < -0.4 is 10.6 Å². The Labute approximate surface area is 142 Å². The third-order valence-electron chi connectivity index (χ3n) is 2.98. The van der Waals surface area contributed by atoms with Crippen molar-refractivity contribution in [3.63, 3.8) is 0 Å². The summed E-state index contributed by atoms with van der Waals surface area (Å²) in [6.07, 6.45) is -5.26. The van der Waals surface area contributed by atoms with Crippen LogP contribution in [0.2, 0.25) is 5.02 Å². The lowest BCUT2D eigenvalue weighted by atomic mass is 10.0. The van der Waals surface area contributed by atoms with Crippen LogP contribution in [0.3, 0.4) is 0 Å². The second-order valence-electron chi connectivity index (χ2n) is 4.95. The van der Waals surface area contributed by atoms with Gasteiger partial charge in [0.2, 0.25) is 5.91 Å². The number of amides is 2. The third-order valence-corrected chi connectivity index (χ3v) is 3.22. The minimum atomic E-state index is -4.58. The van der Waals surface area contributed by atoms with Crippen molar-refractivity contribution < 1.29 is 27.5 Å². The molecule has 0 aliphatic heterocycles. The number of benzene rings is 1. The Balaban J connectivity index is 2.36. The molecule has 1 rings (SSSR count). The molecule has 0 aliphatic rings. The molecule has 1 atom stereocenters. The molecule has 5 nitrogen and oxygen atoms in total. The average Bonchev–Trinajstić information content (AvgIpc) is 2.50. The van der Waals surface area contributed by atoms with E-state index < -0.39 is 18.9 Å². The van der Waals surface area contributed by atoms with Crippen molar-refractivity contribution in [3.8, 4) is 0 Å². The fourth-order valence-electron chi connectivity index (χ4n) is 1.89. The van der Waals surface area contributed by atoms with Crippen LogP contribution in [0, 0.1) is 0 Å². The summed E-state index contributed by atoms with van der Waals surface area (Å²) in [5, 5.41) is 5.40. The topological polar surface area (TPSA) is 67.4 Å². The smallest absolute Gasteiger partial charge is 0.422 e. The van der Waals surface area contributed by atoms with Crippen LogP contribution in [-0.2, 0) is 9.53 Å². The van der Waals surface area contributed by atoms with Gasteiger partial charge in [0.25, 0.3) is 0 Å². The van der Waals surface area contributed by atoms with Crippen LogP contribution in [0.5, 0.6) is 0 Å². The molecule has 1 unspecified atom stereocenters. The predicted octanol–water partition coefficient (Wildman–Crippen LogP) is 3.59. The molecule has 0 fully saturated rings. The average molecular weight is 367 g/mol. The number of nitrogens with one attached hydrogen (secondary N) is 2. The van der Waals surface area contributed by atoms with E-state index in [1.54, 1.807) is 18.2 Å². The molecule has 0 heterocycles. The van der Waals surface area contributed by atoms with Gasteiger partial charge in [0, 0.05) is 18.0 Å². The van der Waals surface area contributed by atoms with Crippen molar-refractivity contribution in [1.82, 2.24) is 10.6 Å². The third kappa shape index (κ3) is 8.05. The summed E-state index contributed by atoms with van der Waals surface area (Å²) < 4.78 is 39.5. The summed E-state index contributed by atoms with van der Waals surface area (Å²) in [7, 11) is 0. The van der Waals surface area contributed by atoms with E-state index in [2.05, 4.69) is 15.4 Å². The van der Waals surface area contributed by atoms with Crippen LogP contribution >= 0.6 is 11.6 Å². The highest BCUT2D eigenvalue weighted by Gasteiger charge is 2.29. The largest absolute Gasteiger partial charge is 0.440 e. The summed E-state index contributed by atoms with van der Waals surface area (Å²) in [6.45, 7) is 0.0881. The number of ether oxygens (including phenoxy) is 1.